The molecule has 3 nitrogen and oxygen atoms in total. The summed E-state index contributed by atoms with van der Waals surface area (Å²) in [5.74, 6) is 12.6. The fraction of sp³-hybridized carbons (Fsp3) is 0.378. The van der Waals surface area contributed by atoms with E-state index in [4.69, 9.17) is 0 Å². The molecule has 0 unspecified atom stereocenters. The molecule has 40 heavy (non-hydrogen) atoms. The molecule has 0 saturated carbocycles. The summed E-state index contributed by atoms with van der Waals surface area (Å²) in [6.07, 6.45) is 7.87. The van der Waals surface area contributed by atoms with Crippen molar-refractivity contribution in [2.45, 2.75) is 41.5 Å². The zero-order chi connectivity index (χ0) is 30.0. The first-order chi connectivity index (χ1) is 18.8. The van der Waals surface area contributed by atoms with Crippen LogP contribution in [0.2, 0.25) is 0 Å². The molecule has 0 saturated heterocycles. The van der Waals surface area contributed by atoms with Crippen molar-refractivity contribution >= 4 is 11.4 Å². The molecule has 0 spiro atoms. The molecule has 2 rings (SSSR count). The molecule has 0 bridgehead atoms. The van der Waals surface area contributed by atoms with E-state index in [1.54, 1.807) is 0 Å². The van der Waals surface area contributed by atoms with Gasteiger partial charge in [-0.15, -0.1) is 0 Å². The molecule has 0 aliphatic rings. The van der Waals surface area contributed by atoms with Crippen LogP contribution in [-0.4, -0.2) is 55.9 Å². The van der Waals surface area contributed by atoms with Crippen LogP contribution in [-0.2, 0) is 0 Å². The largest absolute Gasteiger partial charge is 0.298 e. The van der Waals surface area contributed by atoms with Crippen LogP contribution >= 0.6 is 0 Å². The Labute approximate surface area is 244 Å². The number of likely N-dealkylation sites (N-methyl/N-ethyl adjacent to an activating group) is 2. The first-order valence-electron chi connectivity index (χ1n) is 13.8. The summed E-state index contributed by atoms with van der Waals surface area (Å²) in [5, 5.41) is 0. The second kappa shape index (κ2) is 17.9. The highest BCUT2D eigenvalue weighted by Gasteiger charge is 2.07. The van der Waals surface area contributed by atoms with Crippen molar-refractivity contribution in [1.29, 1.82) is 0 Å². The Morgan fingerprint density at radius 2 is 1.10 bits per heavy atom. The standard InChI is InChI=1S/C19H25N.C18H23NO/c1-17(18-12-8-6-9-13-18)16-20(5)15-11-7-10-14-19(2,3)4;1-18(2,3)13-9-6-10-14-19(4)15-17(20)16-11-7-5-8-12-16/h6-9,11-13H,1,15-16H2,2-5H3;5-8,10-12H,14-15H2,1-4H3/b11-7+;10-6+. The summed E-state index contributed by atoms with van der Waals surface area (Å²) in [6, 6.07) is 19.7. The Morgan fingerprint density at radius 3 is 1.52 bits per heavy atom. The van der Waals surface area contributed by atoms with Crippen molar-refractivity contribution in [1.82, 2.24) is 9.80 Å². The Kier molecular flexibility index (Phi) is 15.4. The van der Waals surface area contributed by atoms with Crippen LogP contribution in [0.25, 0.3) is 5.57 Å². The molecule has 212 valence electrons. The Balaban J connectivity index is 0.000000400. The number of nitrogens with zero attached hydrogens (tertiary/aromatic N) is 2. The molecule has 0 radical (unpaired) electrons. The molecule has 0 N–H and O–H groups in total. The Bertz CT molecular complexity index is 1120. The van der Waals surface area contributed by atoms with Crippen LogP contribution < -0.4 is 0 Å². The monoisotopic (exact) mass is 536 g/mol. The molecule has 0 atom stereocenters. The summed E-state index contributed by atoms with van der Waals surface area (Å²) in [4.78, 5) is 16.2. The molecule has 0 aliphatic carbocycles. The van der Waals surface area contributed by atoms with Gasteiger partial charge in [-0.25, -0.2) is 0 Å². The molecular weight excluding hydrogens is 488 g/mol. The first-order valence-corrected chi connectivity index (χ1v) is 13.8. The van der Waals surface area contributed by atoms with Crippen LogP contribution in [0.1, 0.15) is 57.5 Å². The second-order valence-corrected chi connectivity index (χ2v) is 12.0. The van der Waals surface area contributed by atoms with E-state index in [-0.39, 0.29) is 16.6 Å². The minimum atomic E-state index is 0.0273. The van der Waals surface area contributed by atoms with Crippen molar-refractivity contribution in [2.75, 3.05) is 40.3 Å². The summed E-state index contributed by atoms with van der Waals surface area (Å²) in [5.41, 5.74) is 3.20. The number of ketones is 1. The van der Waals surface area contributed by atoms with Crippen LogP contribution in [0.5, 0.6) is 0 Å². The first kappa shape index (κ1) is 34.4. The van der Waals surface area contributed by atoms with E-state index >= 15 is 0 Å². The lowest BCUT2D eigenvalue weighted by molar-refractivity contribution is 0.0952. The Morgan fingerprint density at radius 1 is 0.700 bits per heavy atom. The van der Waals surface area contributed by atoms with Gasteiger partial charge in [0.05, 0.1) is 6.54 Å². The number of allylic oxidation sites excluding steroid dienone is 2. The van der Waals surface area contributed by atoms with Crippen LogP contribution in [0.3, 0.4) is 0 Å². The number of rotatable bonds is 10. The van der Waals surface area contributed by atoms with Gasteiger partial charge < -0.3 is 0 Å². The number of hydrogen-bond donors (Lipinski definition) is 0. The van der Waals surface area contributed by atoms with Gasteiger partial charge in [-0.2, -0.15) is 0 Å². The predicted octanol–water partition coefficient (Wildman–Crippen LogP) is 7.64. The van der Waals surface area contributed by atoms with Gasteiger partial charge >= 0.3 is 0 Å². The maximum Gasteiger partial charge on any atom is 0.176 e. The lowest BCUT2D eigenvalue weighted by Crippen LogP contribution is -2.26. The van der Waals surface area contributed by atoms with Crippen molar-refractivity contribution in [3.8, 4) is 23.7 Å². The molecular formula is C37H48N2O. The molecule has 3 heteroatoms. The fourth-order valence-electron chi connectivity index (χ4n) is 3.28. The minimum absolute atomic E-state index is 0.0273. The SMILES string of the molecule is C=C(CN(C)C/C=C/C#CC(C)(C)C)c1ccccc1.CN(C/C=C/C#CC(C)(C)C)CC(=O)c1ccccc1. The van der Waals surface area contributed by atoms with Crippen molar-refractivity contribution in [3.05, 3.63) is 103 Å². The fourth-order valence-corrected chi connectivity index (χ4v) is 3.28. The van der Waals surface area contributed by atoms with Gasteiger partial charge in [0, 0.05) is 36.0 Å². The zero-order valence-corrected chi connectivity index (χ0v) is 25.9. The predicted molar refractivity (Wildman–Crippen MR) is 174 cm³/mol. The molecule has 0 aliphatic heterocycles. The highest BCUT2D eigenvalue weighted by Crippen LogP contribution is 2.13. The smallest absolute Gasteiger partial charge is 0.176 e. The van der Waals surface area contributed by atoms with E-state index < -0.39 is 0 Å². The van der Waals surface area contributed by atoms with Gasteiger partial charge in [-0.05, 0) is 78.9 Å². The molecule has 0 amide bonds. The third-order valence-corrected chi connectivity index (χ3v) is 5.28. The quantitative estimate of drug-likeness (QED) is 0.230. The summed E-state index contributed by atoms with van der Waals surface area (Å²) >= 11 is 0. The zero-order valence-electron chi connectivity index (χ0n) is 25.9. The van der Waals surface area contributed by atoms with Gasteiger partial charge in [0.1, 0.15) is 0 Å². The van der Waals surface area contributed by atoms with Gasteiger partial charge in [0.2, 0.25) is 0 Å². The lowest BCUT2D eigenvalue weighted by Gasteiger charge is -2.16. The number of carbonyl (C=O) groups is 1. The van der Waals surface area contributed by atoms with E-state index in [2.05, 4.69) is 102 Å². The third-order valence-electron chi connectivity index (χ3n) is 5.28. The number of hydrogen-bond acceptors (Lipinski definition) is 3. The van der Waals surface area contributed by atoms with Gasteiger partial charge in [-0.3, -0.25) is 14.6 Å². The van der Waals surface area contributed by atoms with Gasteiger partial charge in [0.25, 0.3) is 0 Å². The highest BCUT2D eigenvalue weighted by atomic mass is 16.1. The van der Waals surface area contributed by atoms with Crippen molar-refractivity contribution in [3.63, 3.8) is 0 Å². The second-order valence-electron chi connectivity index (χ2n) is 12.0. The Hall–Kier alpha value is -3.63. The van der Waals surface area contributed by atoms with E-state index in [1.807, 2.05) is 78.7 Å². The normalized spacial score (nSPS) is 11.4. The molecule has 0 fully saturated rings. The molecule has 0 heterocycles. The number of Topliss-reactive ketones (excluding diaryl/α,β-unsaturated/α-hetero) is 1. The van der Waals surface area contributed by atoms with Crippen molar-refractivity contribution in [2.24, 2.45) is 10.8 Å². The molecule has 2 aromatic rings. The number of carbonyl (C=O) groups excluding carboxylic acids is 1. The van der Waals surface area contributed by atoms with Crippen LogP contribution in [0.15, 0.2) is 91.5 Å². The maximum atomic E-state index is 12.0. The van der Waals surface area contributed by atoms with Crippen LogP contribution in [0.4, 0.5) is 0 Å². The van der Waals surface area contributed by atoms with Gasteiger partial charge in [-0.1, -0.05) is 103 Å². The average Bonchev–Trinajstić information content (AvgIpc) is 2.88. The summed E-state index contributed by atoms with van der Waals surface area (Å²) < 4.78 is 0. The summed E-state index contributed by atoms with van der Waals surface area (Å²) in [7, 11) is 4.03. The minimum Gasteiger partial charge on any atom is -0.298 e. The van der Waals surface area contributed by atoms with E-state index in [9.17, 15) is 4.79 Å². The maximum absolute atomic E-state index is 12.0. The topological polar surface area (TPSA) is 23.6 Å². The van der Waals surface area contributed by atoms with Crippen LogP contribution in [0, 0.1) is 34.5 Å². The molecule has 2 aromatic carbocycles. The van der Waals surface area contributed by atoms with Crippen molar-refractivity contribution < 1.29 is 4.79 Å². The highest BCUT2D eigenvalue weighted by molar-refractivity contribution is 5.97. The van der Waals surface area contributed by atoms with Gasteiger partial charge in [0.15, 0.2) is 5.78 Å². The average molecular weight is 537 g/mol. The molecule has 0 aromatic heterocycles. The number of benzene rings is 2. The third kappa shape index (κ3) is 17.8. The van der Waals surface area contributed by atoms with E-state index in [1.165, 1.54) is 5.56 Å². The lowest BCUT2D eigenvalue weighted by atomic mass is 9.98. The summed E-state index contributed by atoms with van der Waals surface area (Å²) in [6.45, 7) is 19.6. The van der Waals surface area contributed by atoms with E-state index in [0.29, 0.717) is 6.54 Å². The van der Waals surface area contributed by atoms with E-state index in [0.717, 1.165) is 30.8 Å².